The largest absolute Gasteiger partial charge is 0.367 e. The van der Waals surface area contributed by atoms with Gasteiger partial charge in [0.25, 0.3) is 0 Å². The van der Waals surface area contributed by atoms with Gasteiger partial charge in [-0.15, -0.1) is 11.3 Å². The van der Waals surface area contributed by atoms with Crippen molar-refractivity contribution in [3.05, 3.63) is 29.5 Å². The third-order valence-corrected chi connectivity index (χ3v) is 6.35. The molecule has 28 heavy (non-hydrogen) atoms. The molecule has 2 N–H and O–H groups in total. The van der Waals surface area contributed by atoms with Gasteiger partial charge in [0, 0.05) is 17.9 Å². The summed E-state index contributed by atoms with van der Waals surface area (Å²) in [5.41, 5.74) is 0. The Kier molecular flexibility index (Phi) is 4.67. The topological polar surface area (TPSA) is 106 Å². The number of hydrogen-bond donors (Lipinski definition) is 2. The lowest BCUT2D eigenvalue weighted by Gasteiger charge is -2.28. The minimum Gasteiger partial charge on any atom is -0.367 e. The van der Waals surface area contributed by atoms with Gasteiger partial charge in [-0.2, -0.15) is 4.98 Å². The zero-order valence-electron chi connectivity index (χ0n) is 15.4. The highest BCUT2D eigenvalue weighted by atomic mass is 32.1. The normalized spacial score (nSPS) is 22.3. The van der Waals surface area contributed by atoms with E-state index in [0.717, 1.165) is 54.6 Å². The summed E-state index contributed by atoms with van der Waals surface area (Å²) in [4.78, 5) is 26.5. The number of carbonyl (C=O) groups is 1. The number of fused-ring (bicyclic) bond motifs is 1. The first kappa shape index (κ1) is 17.5. The minimum atomic E-state index is 0.0411. The number of carbonyl (C=O) groups excluding carboxylic acids is 1. The van der Waals surface area contributed by atoms with Crippen LogP contribution in [0.1, 0.15) is 56.2 Å². The number of amides is 1. The third kappa shape index (κ3) is 3.71. The van der Waals surface area contributed by atoms with E-state index in [1.165, 1.54) is 0 Å². The van der Waals surface area contributed by atoms with E-state index in [9.17, 15) is 4.79 Å². The van der Waals surface area contributed by atoms with Gasteiger partial charge in [-0.25, -0.2) is 9.97 Å². The Labute approximate surface area is 166 Å². The van der Waals surface area contributed by atoms with Crippen molar-refractivity contribution in [2.75, 3.05) is 5.32 Å². The predicted octanol–water partition coefficient (Wildman–Crippen LogP) is 3.24. The number of nitrogens with one attached hydrogen (secondary N) is 2. The molecule has 0 radical (unpaired) electrons. The van der Waals surface area contributed by atoms with E-state index in [2.05, 4.69) is 30.7 Å². The number of nitrogens with zero attached hydrogens (tertiary/aromatic N) is 4. The maximum absolute atomic E-state index is 12.5. The van der Waals surface area contributed by atoms with Gasteiger partial charge in [0.2, 0.25) is 11.8 Å². The first-order chi connectivity index (χ1) is 13.8. The zero-order valence-corrected chi connectivity index (χ0v) is 16.2. The fourth-order valence-corrected chi connectivity index (χ4v) is 4.48. The van der Waals surface area contributed by atoms with E-state index in [1.807, 2.05) is 11.4 Å². The van der Waals surface area contributed by atoms with Gasteiger partial charge in [-0.05, 0) is 50.0 Å². The molecule has 146 valence electrons. The van der Waals surface area contributed by atoms with Crippen molar-refractivity contribution >= 4 is 33.3 Å². The molecule has 0 aliphatic heterocycles. The van der Waals surface area contributed by atoms with Crippen molar-refractivity contribution in [3.63, 3.8) is 0 Å². The maximum atomic E-state index is 12.5. The molecular formula is C19H22N6O2S. The second-order valence-corrected chi connectivity index (χ2v) is 8.49. The number of thiophene rings is 1. The van der Waals surface area contributed by atoms with E-state index in [-0.39, 0.29) is 11.8 Å². The minimum absolute atomic E-state index is 0.0411. The molecule has 0 atom stereocenters. The third-order valence-electron chi connectivity index (χ3n) is 5.53. The fraction of sp³-hybridized carbons (Fsp3) is 0.526. The van der Waals surface area contributed by atoms with Crippen molar-refractivity contribution in [3.8, 4) is 0 Å². The summed E-state index contributed by atoms with van der Waals surface area (Å²) >= 11 is 1.62. The summed E-state index contributed by atoms with van der Waals surface area (Å²) in [7, 11) is 0. The van der Waals surface area contributed by atoms with Gasteiger partial charge >= 0.3 is 0 Å². The molecule has 0 bridgehead atoms. The molecule has 1 amide bonds. The van der Waals surface area contributed by atoms with Gasteiger partial charge in [0.15, 0.2) is 5.82 Å². The smallest absolute Gasteiger partial charge is 0.229 e. The van der Waals surface area contributed by atoms with Crippen LogP contribution in [0.3, 0.4) is 0 Å². The molecule has 5 rings (SSSR count). The molecule has 0 saturated heterocycles. The summed E-state index contributed by atoms with van der Waals surface area (Å²) in [6.07, 6.45) is 7.47. The first-order valence-corrected chi connectivity index (χ1v) is 10.7. The number of aromatic nitrogens is 4. The Balaban J connectivity index is 1.11. The highest BCUT2D eigenvalue weighted by Crippen LogP contribution is 2.38. The van der Waals surface area contributed by atoms with E-state index in [4.69, 9.17) is 4.52 Å². The van der Waals surface area contributed by atoms with E-state index in [0.29, 0.717) is 30.2 Å². The van der Waals surface area contributed by atoms with Gasteiger partial charge in [-0.3, -0.25) is 4.79 Å². The summed E-state index contributed by atoms with van der Waals surface area (Å²) in [6.45, 7) is 0.338. The van der Waals surface area contributed by atoms with Crippen LogP contribution in [0.4, 0.5) is 5.82 Å². The highest BCUT2D eigenvalue weighted by molar-refractivity contribution is 7.16. The maximum Gasteiger partial charge on any atom is 0.229 e. The van der Waals surface area contributed by atoms with Crippen molar-refractivity contribution < 1.29 is 9.32 Å². The quantitative estimate of drug-likeness (QED) is 0.656. The fourth-order valence-electron chi connectivity index (χ4n) is 3.74. The van der Waals surface area contributed by atoms with Gasteiger partial charge in [0.1, 0.15) is 17.0 Å². The predicted molar refractivity (Wildman–Crippen MR) is 105 cm³/mol. The summed E-state index contributed by atoms with van der Waals surface area (Å²) in [5.74, 6) is 2.72. The molecule has 9 heteroatoms. The van der Waals surface area contributed by atoms with Crippen LogP contribution in [0.5, 0.6) is 0 Å². The van der Waals surface area contributed by atoms with Crippen LogP contribution in [0, 0.1) is 5.92 Å². The second-order valence-electron chi connectivity index (χ2n) is 7.60. The van der Waals surface area contributed by atoms with Gasteiger partial charge < -0.3 is 15.2 Å². The van der Waals surface area contributed by atoms with Crippen LogP contribution in [-0.2, 0) is 11.3 Å². The average Bonchev–Trinajstić information content (AvgIpc) is 3.26. The Bertz CT molecular complexity index is 974. The van der Waals surface area contributed by atoms with Crippen molar-refractivity contribution in [1.82, 2.24) is 25.4 Å². The molecule has 0 unspecified atom stereocenters. The Morgan fingerprint density at radius 2 is 2.04 bits per heavy atom. The second kappa shape index (κ2) is 7.46. The summed E-state index contributed by atoms with van der Waals surface area (Å²) in [6, 6.07) is 2.38. The molecule has 2 aliphatic rings. The lowest BCUT2D eigenvalue weighted by molar-refractivity contribution is -0.126. The Hall–Kier alpha value is -2.55. The average molecular weight is 398 g/mol. The molecular weight excluding hydrogens is 376 g/mol. The lowest BCUT2D eigenvalue weighted by atomic mass is 9.85. The molecule has 0 spiro atoms. The van der Waals surface area contributed by atoms with E-state index >= 15 is 0 Å². The lowest BCUT2D eigenvalue weighted by Crippen LogP contribution is -2.36. The van der Waals surface area contributed by atoms with E-state index < -0.39 is 0 Å². The molecule has 0 aromatic carbocycles. The van der Waals surface area contributed by atoms with Gasteiger partial charge in [-0.1, -0.05) is 5.16 Å². The van der Waals surface area contributed by atoms with E-state index in [1.54, 1.807) is 17.7 Å². The zero-order chi connectivity index (χ0) is 18.9. The molecule has 3 aromatic heterocycles. The number of rotatable bonds is 6. The molecule has 3 aromatic rings. The van der Waals surface area contributed by atoms with Crippen molar-refractivity contribution in [2.45, 2.75) is 57.0 Å². The van der Waals surface area contributed by atoms with Crippen LogP contribution >= 0.6 is 11.3 Å². The highest BCUT2D eigenvalue weighted by Gasteiger charge is 2.30. The van der Waals surface area contributed by atoms with Crippen LogP contribution in [0.15, 0.2) is 22.3 Å². The van der Waals surface area contributed by atoms with Crippen LogP contribution < -0.4 is 10.6 Å². The standard InChI is InChI=1S/C19H22N6O2S/c26-17(20-9-15-24-18(27-25-15)12-1-2-12)11-3-5-13(6-4-11)23-16-14-7-8-28-19(14)22-10-21-16/h7-8,10-13H,1-6,9H2,(H,20,26)(H,21,22,23). The Morgan fingerprint density at radius 1 is 1.18 bits per heavy atom. The molecule has 8 nitrogen and oxygen atoms in total. The number of anilines is 1. The molecule has 2 saturated carbocycles. The van der Waals surface area contributed by atoms with Crippen molar-refractivity contribution in [1.29, 1.82) is 0 Å². The van der Waals surface area contributed by atoms with Crippen LogP contribution in [-0.4, -0.2) is 32.1 Å². The Morgan fingerprint density at radius 3 is 2.86 bits per heavy atom. The molecule has 2 aliphatic carbocycles. The van der Waals surface area contributed by atoms with Crippen molar-refractivity contribution in [2.24, 2.45) is 5.92 Å². The van der Waals surface area contributed by atoms with Gasteiger partial charge in [0.05, 0.1) is 11.9 Å². The SMILES string of the molecule is O=C(NCc1noc(C2CC2)n1)C1CCC(Nc2ncnc3sccc23)CC1. The molecule has 2 fully saturated rings. The summed E-state index contributed by atoms with van der Waals surface area (Å²) in [5, 5.41) is 13.6. The van der Waals surface area contributed by atoms with Crippen LogP contribution in [0.2, 0.25) is 0 Å². The molecule has 3 heterocycles. The first-order valence-electron chi connectivity index (χ1n) is 9.81. The monoisotopic (exact) mass is 398 g/mol. The van der Waals surface area contributed by atoms with Crippen LogP contribution in [0.25, 0.3) is 10.2 Å². The number of hydrogen-bond acceptors (Lipinski definition) is 8. The summed E-state index contributed by atoms with van der Waals surface area (Å²) < 4.78 is 5.23.